The molecule has 0 atom stereocenters. The zero-order chi connectivity index (χ0) is 38.9. The van der Waals surface area contributed by atoms with Crippen molar-refractivity contribution in [1.29, 1.82) is 0 Å². The molecule has 0 aromatic rings. The fourth-order valence-electron chi connectivity index (χ4n) is 6.03. The first-order valence-corrected chi connectivity index (χ1v) is 22.7. The number of esters is 2. The number of unbranched alkanes of at least 4 members (excludes halogenated alkanes) is 22. The summed E-state index contributed by atoms with van der Waals surface area (Å²) >= 11 is 11.7. The zero-order valence-corrected chi connectivity index (χ0v) is 35.6. The van der Waals surface area contributed by atoms with Crippen LogP contribution in [0.3, 0.4) is 0 Å². The zero-order valence-electron chi connectivity index (χ0n) is 34.1. The number of alkyl halides is 2. The third kappa shape index (κ3) is 37.0. The summed E-state index contributed by atoms with van der Waals surface area (Å²) in [6, 6.07) is 0. The molecule has 1 amide bonds. The molecule has 0 fully saturated rings. The highest BCUT2D eigenvalue weighted by atomic mass is 35.5. The Balaban J connectivity index is 4.29. The van der Waals surface area contributed by atoms with Crippen LogP contribution < -0.4 is 0 Å². The summed E-state index contributed by atoms with van der Waals surface area (Å²) in [5, 5.41) is 0. The van der Waals surface area contributed by atoms with E-state index in [0.29, 0.717) is 12.8 Å². The van der Waals surface area contributed by atoms with E-state index in [1.165, 1.54) is 108 Å². The lowest BCUT2D eigenvalue weighted by Gasteiger charge is -2.24. The largest absolute Gasteiger partial charge is 0.462 e. The van der Waals surface area contributed by atoms with Crippen LogP contribution in [0.1, 0.15) is 194 Å². The van der Waals surface area contributed by atoms with E-state index in [1.807, 2.05) is 0 Å². The number of carbonyl (C=O) groups excluding carboxylic acids is 3. The van der Waals surface area contributed by atoms with Crippen LogP contribution in [0.4, 0.5) is 4.79 Å². The smallest absolute Gasteiger partial charge is 0.410 e. The van der Waals surface area contributed by atoms with Crippen molar-refractivity contribution in [2.24, 2.45) is 0 Å². The summed E-state index contributed by atoms with van der Waals surface area (Å²) in [5.41, 5.74) is 0. The molecule has 0 unspecified atom stereocenters. The lowest BCUT2D eigenvalue weighted by molar-refractivity contribution is -0.153. The van der Waals surface area contributed by atoms with Gasteiger partial charge in [-0.25, -0.2) is 4.79 Å². The van der Waals surface area contributed by atoms with Crippen LogP contribution in [0.2, 0.25) is 0 Å². The van der Waals surface area contributed by atoms with Crippen molar-refractivity contribution in [1.82, 2.24) is 4.90 Å². The molecule has 0 bridgehead atoms. The van der Waals surface area contributed by atoms with Gasteiger partial charge in [-0.15, -0.1) is 23.2 Å². The van der Waals surface area contributed by atoms with Gasteiger partial charge in [-0.1, -0.05) is 141 Å². The molecule has 7 nitrogen and oxygen atoms in total. The maximum Gasteiger partial charge on any atom is 0.410 e. The number of amides is 1. The van der Waals surface area contributed by atoms with E-state index in [4.69, 9.17) is 37.4 Å². The van der Waals surface area contributed by atoms with Gasteiger partial charge in [-0.2, -0.15) is 0 Å². The molecule has 0 aliphatic heterocycles. The van der Waals surface area contributed by atoms with Gasteiger partial charge < -0.3 is 19.1 Å². The van der Waals surface area contributed by atoms with Crippen LogP contribution in [0, 0.1) is 0 Å². The van der Waals surface area contributed by atoms with Crippen LogP contribution in [-0.2, 0) is 23.8 Å². The molecule has 0 aromatic heterocycles. The molecule has 310 valence electrons. The Hall–Kier alpha value is -1.73. The molecule has 0 aromatic carbocycles. The Morgan fingerprint density at radius 2 is 0.811 bits per heavy atom. The van der Waals surface area contributed by atoms with E-state index in [9.17, 15) is 14.4 Å². The van der Waals surface area contributed by atoms with Crippen LogP contribution in [0.15, 0.2) is 24.3 Å². The third-order valence-electron chi connectivity index (χ3n) is 9.38. The number of hydrogen-bond acceptors (Lipinski definition) is 6. The summed E-state index contributed by atoms with van der Waals surface area (Å²) in [6.07, 6.45) is 39.3. The predicted octanol–water partition coefficient (Wildman–Crippen LogP) is 13.4. The number of halogens is 2. The summed E-state index contributed by atoms with van der Waals surface area (Å²) in [6.45, 7) is 4.69. The van der Waals surface area contributed by atoms with Gasteiger partial charge in [0.25, 0.3) is 0 Å². The van der Waals surface area contributed by atoms with Gasteiger partial charge in [0.1, 0.15) is 13.2 Å². The fourth-order valence-corrected chi connectivity index (χ4v) is 6.44. The Bertz CT molecular complexity index is 837. The molecular weight excluding hydrogens is 709 g/mol. The van der Waals surface area contributed by atoms with Gasteiger partial charge in [0.05, 0.1) is 0 Å². The topological polar surface area (TPSA) is 82.1 Å². The first-order chi connectivity index (χ1) is 26.0. The number of ether oxygens (including phenoxy) is 3. The van der Waals surface area contributed by atoms with Crippen LogP contribution in [0.25, 0.3) is 0 Å². The molecule has 53 heavy (non-hydrogen) atoms. The number of carbonyl (C=O) groups is 3. The van der Waals surface area contributed by atoms with E-state index in [-0.39, 0.29) is 50.0 Å². The number of rotatable bonds is 39. The monoisotopic (exact) mass is 788 g/mol. The molecule has 0 spiro atoms. The third-order valence-corrected chi connectivity index (χ3v) is 9.72. The van der Waals surface area contributed by atoms with E-state index < -0.39 is 12.2 Å². The van der Waals surface area contributed by atoms with Gasteiger partial charge >= 0.3 is 18.0 Å². The highest BCUT2D eigenvalue weighted by molar-refractivity contribution is 6.18. The second-order valence-corrected chi connectivity index (χ2v) is 15.2. The highest BCUT2D eigenvalue weighted by Gasteiger charge is 2.23. The van der Waals surface area contributed by atoms with Crippen LogP contribution >= 0.6 is 23.2 Å². The number of hydrogen-bond donors (Lipinski definition) is 0. The molecule has 0 saturated carbocycles. The molecule has 0 heterocycles. The minimum atomic E-state index is -0.910. The Labute approximate surface area is 335 Å². The van der Waals surface area contributed by atoms with Crippen molar-refractivity contribution in [3.8, 4) is 0 Å². The van der Waals surface area contributed by atoms with Gasteiger partial charge in [0.15, 0.2) is 6.10 Å². The lowest BCUT2D eigenvalue weighted by atomic mass is 10.1. The SMILES string of the molecule is CCCCCCCC/C=C\CCCCCCCC(=O)OCC(COC(=O)CCCCCCC/C=C\CCCCCCCC)OC(=O)N(CCCl)CCCl. The highest BCUT2D eigenvalue weighted by Crippen LogP contribution is 2.13. The van der Waals surface area contributed by atoms with E-state index in [2.05, 4.69) is 38.2 Å². The molecule has 9 heteroatoms. The molecule has 0 radical (unpaired) electrons. The first-order valence-electron chi connectivity index (χ1n) is 21.7. The van der Waals surface area contributed by atoms with Crippen molar-refractivity contribution < 1.29 is 28.6 Å². The minimum absolute atomic E-state index is 0.175. The maximum atomic E-state index is 12.8. The Kier molecular flexibility index (Phi) is 40.1. The average Bonchev–Trinajstić information content (AvgIpc) is 3.15. The molecule has 0 aliphatic carbocycles. The quantitative estimate of drug-likeness (QED) is 0.0203. The van der Waals surface area contributed by atoms with Gasteiger partial charge in [0.2, 0.25) is 0 Å². The van der Waals surface area contributed by atoms with Crippen molar-refractivity contribution in [2.75, 3.05) is 38.1 Å². The van der Waals surface area contributed by atoms with E-state index in [1.54, 1.807) is 0 Å². The van der Waals surface area contributed by atoms with Gasteiger partial charge in [0, 0.05) is 37.7 Å². The average molecular weight is 789 g/mol. The second kappa shape index (κ2) is 41.4. The van der Waals surface area contributed by atoms with Gasteiger partial charge in [-0.05, 0) is 64.2 Å². The summed E-state index contributed by atoms with van der Waals surface area (Å²) in [4.78, 5) is 39.1. The van der Waals surface area contributed by atoms with Crippen LogP contribution in [-0.4, -0.2) is 67.1 Å². The lowest BCUT2D eigenvalue weighted by Crippen LogP contribution is -2.40. The predicted molar refractivity (Wildman–Crippen MR) is 224 cm³/mol. The maximum absolute atomic E-state index is 12.8. The van der Waals surface area contributed by atoms with Crippen molar-refractivity contribution >= 4 is 41.2 Å². The minimum Gasteiger partial charge on any atom is -0.462 e. The molecule has 0 N–H and O–H groups in total. The Morgan fingerprint density at radius 1 is 0.491 bits per heavy atom. The summed E-state index contributed by atoms with van der Waals surface area (Å²) < 4.78 is 16.5. The summed E-state index contributed by atoms with van der Waals surface area (Å²) in [7, 11) is 0. The van der Waals surface area contributed by atoms with E-state index in [0.717, 1.165) is 64.2 Å². The van der Waals surface area contributed by atoms with Crippen molar-refractivity contribution in [2.45, 2.75) is 200 Å². The number of nitrogens with zero attached hydrogens (tertiary/aromatic N) is 1. The second-order valence-electron chi connectivity index (χ2n) is 14.4. The van der Waals surface area contributed by atoms with Crippen molar-refractivity contribution in [3.63, 3.8) is 0 Å². The van der Waals surface area contributed by atoms with Crippen molar-refractivity contribution in [3.05, 3.63) is 24.3 Å². The molecular formula is C44H79Cl2NO6. The van der Waals surface area contributed by atoms with Gasteiger partial charge in [-0.3, -0.25) is 9.59 Å². The number of allylic oxidation sites excluding steroid dienone is 4. The summed E-state index contributed by atoms with van der Waals surface area (Å²) in [5.74, 6) is -0.234. The molecule has 0 aliphatic rings. The molecule has 0 rings (SSSR count). The fraction of sp³-hybridized carbons (Fsp3) is 0.841. The van der Waals surface area contributed by atoms with E-state index >= 15 is 0 Å². The standard InChI is InChI=1S/C44H79Cl2NO6/c1-3-5-7-9-11-13-15-17-19-21-23-25-27-29-31-33-42(48)51-39-41(53-44(50)47(37-35-45)38-36-46)40-52-43(49)34-32-30-28-26-24-22-20-18-16-14-12-10-8-6-4-2/h17-20,41H,3-16,21-40H2,1-2H3/b19-17-,20-18-. The first kappa shape index (κ1) is 51.3. The normalized spacial score (nSPS) is 11.6. The van der Waals surface area contributed by atoms with Crippen LogP contribution in [0.5, 0.6) is 0 Å². The Morgan fingerprint density at radius 3 is 1.15 bits per heavy atom. The molecule has 0 saturated heterocycles.